The van der Waals surface area contributed by atoms with E-state index in [0.29, 0.717) is 12.4 Å². The van der Waals surface area contributed by atoms with Gasteiger partial charge in [-0.2, -0.15) is 0 Å². The van der Waals surface area contributed by atoms with Crippen LogP contribution in [0.5, 0.6) is 5.75 Å². The smallest absolute Gasteiger partial charge is 0.343 e. The summed E-state index contributed by atoms with van der Waals surface area (Å²) in [4.78, 5) is 12.3. The summed E-state index contributed by atoms with van der Waals surface area (Å²) in [5, 5.41) is 0. The Morgan fingerprint density at radius 1 is 1.31 bits per heavy atom. The van der Waals surface area contributed by atoms with Crippen LogP contribution in [-0.2, 0) is 19.5 Å². The van der Waals surface area contributed by atoms with E-state index in [1.165, 1.54) is 13.2 Å². The van der Waals surface area contributed by atoms with Crippen molar-refractivity contribution in [2.24, 2.45) is 0 Å². The van der Waals surface area contributed by atoms with E-state index in [0.717, 1.165) is 30.2 Å². The Morgan fingerprint density at radius 2 is 2.10 bits per heavy atom. The Balaban J connectivity index is 1.79. The van der Waals surface area contributed by atoms with Crippen molar-refractivity contribution in [2.45, 2.75) is 23.3 Å². The second-order valence-electron chi connectivity index (χ2n) is 6.69. The minimum Gasteiger partial charge on any atom is -0.490 e. The van der Waals surface area contributed by atoms with E-state index in [4.69, 9.17) is 14.2 Å². The molecule has 2 heterocycles. The summed E-state index contributed by atoms with van der Waals surface area (Å²) in [6, 6.07) is 6.45. The molecule has 2 atom stereocenters. The maximum atomic E-state index is 13.3. The van der Waals surface area contributed by atoms with Gasteiger partial charge < -0.3 is 14.2 Å². The van der Waals surface area contributed by atoms with Crippen LogP contribution in [-0.4, -0.2) is 40.8 Å². The first-order chi connectivity index (χ1) is 13.8. The predicted molar refractivity (Wildman–Crippen MR) is 105 cm³/mol. The van der Waals surface area contributed by atoms with Gasteiger partial charge in [-0.3, -0.25) is 4.72 Å². The zero-order valence-electron chi connectivity index (χ0n) is 15.3. The number of methoxy groups -OCH3 is 1. The minimum absolute atomic E-state index is 0.00263. The number of nitrogens with one attached hydrogen (secondary N) is 1. The largest absolute Gasteiger partial charge is 0.490 e. The number of fused-ring (bicyclic) bond motifs is 3. The molecular formula is C19H17BrFNO6S. The van der Waals surface area contributed by atoms with Crippen LogP contribution < -0.4 is 9.46 Å². The fraction of sp³-hybridized carbons (Fsp3) is 0.316. The summed E-state index contributed by atoms with van der Waals surface area (Å²) in [6.07, 6.45) is 0.695. The molecule has 4 rings (SSSR count). The average molecular weight is 486 g/mol. The summed E-state index contributed by atoms with van der Waals surface area (Å²) < 4.78 is 57.8. The van der Waals surface area contributed by atoms with Crippen LogP contribution in [0, 0.1) is 5.82 Å². The first-order valence-corrected chi connectivity index (χ1v) is 11.1. The fourth-order valence-electron chi connectivity index (χ4n) is 3.66. The van der Waals surface area contributed by atoms with E-state index in [1.807, 2.05) is 0 Å². The summed E-state index contributed by atoms with van der Waals surface area (Å²) >= 11 is 3.06. The highest BCUT2D eigenvalue weighted by Gasteiger charge is 2.39. The molecule has 1 saturated heterocycles. The third kappa shape index (κ3) is 3.60. The van der Waals surface area contributed by atoms with Gasteiger partial charge in [-0.15, -0.1) is 0 Å². The van der Waals surface area contributed by atoms with Gasteiger partial charge >= 0.3 is 5.97 Å². The molecule has 0 amide bonds. The van der Waals surface area contributed by atoms with Gasteiger partial charge in [-0.05, 0) is 46.6 Å². The molecule has 29 heavy (non-hydrogen) atoms. The Hall–Kier alpha value is -2.17. The van der Waals surface area contributed by atoms with Crippen LogP contribution >= 0.6 is 15.9 Å². The second-order valence-corrected chi connectivity index (χ2v) is 9.20. The number of hydrogen-bond acceptors (Lipinski definition) is 6. The highest BCUT2D eigenvalue weighted by Crippen LogP contribution is 2.45. The van der Waals surface area contributed by atoms with Crippen LogP contribution in [0.4, 0.5) is 10.1 Å². The molecule has 0 spiro atoms. The van der Waals surface area contributed by atoms with Crippen LogP contribution in [0.15, 0.2) is 39.7 Å². The number of benzene rings is 2. The molecular weight excluding hydrogens is 469 g/mol. The van der Waals surface area contributed by atoms with Gasteiger partial charge in [0.2, 0.25) is 0 Å². The van der Waals surface area contributed by atoms with Crippen molar-refractivity contribution >= 4 is 37.6 Å². The lowest BCUT2D eigenvalue weighted by Crippen LogP contribution is -2.30. The van der Waals surface area contributed by atoms with Crippen LogP contribution in [0.25, 0.3) is 0 Å². The standard InChI is InChI=1S/C19H17BrFNO6S/c1-26-19(23)17-14(22-29(24,25)16-5-2-10(21)8-13(16)20)4-3-12-11-6-7-27-15(11)9-28-18(12)17/h2-5,8,11,15,22H,6-7,9H2,1H3/t11-,15+/m0/s1. The molecule has 0 radical (unpaired) electrons. The molecule has 0 aromatic heterocycles. The van der Waals surface area contributed by atoms with E-state index >= 15 is 0 Å². The van der Waals surface area contributed by atoms with Crippen molar-refractivity contribution in [1.82, 2.24) is 0 Å². The molecule has 0 bridgehead atoms. The van der Waals surface area contributed by atoms with E-state index in [2.05, 4.69) is 20.7 Å². The Morgan fingerprint density at radius 3 is 2.83 bits per heavy atom. The molecule has 10 heteroatoms. The summed E-state index contributed by atoms with van der Waals surface area (Å²) in [6.45, 7) is 0.861. The van der Waals surface area contributed by atoms with Crippen molar-refractivity contribution in [3.05, 3.63) is 51.7 Å². The van der Waals surface area contributed by atoms with Crippen LogP contribution in [0.2, 0.25) is 0 Å². The lowest BCUT2D eigenvalue weighted by atomic mass is 9.88. The SMILES string of the molecule is COC(=O)c1c(NS(=O)(=O)c2ccc(F)cc2Br)ccc2c1OC[C@H]1OCC[C@@H]21. The van der Waals surface area contributed by atoms with E-state index < -0.39 is 21.8 Å². The van der Waals surface area contributed by atoms with Gasteiger partial charge in [0.05, 0.1) is 18.9 Å². The Kier molecular flexibility index (Phi) is 5.26. The van der Waals surface area contributed by atoms with Crippen molar-refractivity contribution < 1.29 is 31.8 Å². The highest BCUT2D eigenvalue weighted by molar-refractivity contribution is 9.10. The number of hydrogen-bond donors (Lipinski definition) is 1. The van der Waals surface area contributed by atoms with E-state index in [9.17, 15) is 17.6 Å². The lowest BCUT2D eigenvalue weighted by molar-refractivity contribution is 0.0469. The Bertz CT molecular complexity index is 1090. The monoisotopic (exact) mass is 485 g/mol. The van der Waals surface area contributed by atoms with Crippen molar-refractivity contribution in [3.8, 4) is 5.75 Å². The molecule has 2 aliphatic heterocycles. The van der Waals surface area contributed by atoms with Gasteiger partial charge in [0, 0.05) is 22.6 Å². The van der Waals surface area contributed by atoms with Gasteiger partial charge in [0.15, 0.2) is 0 Å². The average Bonchev–Trinajstić information content (AvgIpc) is 3.15. The Labute approximate surface area is 175 Å². The second kappa shape index (κ2) is 7.58. The van der Waals surface area contributed by atoms with E-state index in [-0.39, 0.29) is 39.2 Å². The molecule has 1 fully saturated rings. The normalized spacial score (nSPS) is 20.4. The number of sulfonamides is 1. The minimum atomic E-state index is -4.12. The topological polar surface area (TPSA) is 90.9 Å². The number of esters is 1. The first kappa shape index (κ1) is 20.1. The number of carbonyl (C=O) groups excluding carboxylic acids is 1. The maximum absolute atomic E-state index is 13.3. The first-order valence-electron chi connectivity index (χ1n) is 8.79. The number of ether oxygens (including phenoxy) is 3. The van der Waals surface area contributed by atoms with Gasteiger partial charge in [-0.1, -0.05) is 6.07 Å². The molecule has 0 aliphatic carbocycles. The maximum Gasteiger partial charge on any atom is 0.343 e. The van der Waals surface area contributed by atoms with Gasteiger partial charge in [0.25, 0.3) is 10.0 Å². The zero-order valence-corrected chi connectivity index (χ0v) is 17.7. The quantitative estimate of drug-likeness (QED) is 0.667. The van der Waals surface area contributed by atoms with E-state index in [1.54, 1.807) is 6.07 Å². The molecule has 2 aromatic rings. The number of anilines is 1. The van der Waals surface area contributed by atoms with Crippen molar-refractivity contribution in [2.75, 3.05) is 25.0 Å². The molecule has 0 saturated carbocycles. The molecule has 7 nitrogen and oxygen atoms in total. The summed E-state index contributed by atoms with van der Waals surface area (Å²) in [5.41, 5.74) is 0.798. The molecule has 0 unspecified atom stereocenters. The third-order valence-electron chi connectivity index (χ3n) is 5.01. The van der Waals surface area contributed by atoms with Gasteiger partial charge in [0.1, 0.15) is 28.6 Å². The predicted octanol–water partition coefficient (Wildman–Crippen LogP) is 3.44. The van der Waals surface area contributed by atoms with Gasteiger partial charge in [-0.25, -0.2) is 17.6 Å². The van der Waals surface area contributed by atoms with Crippen molar-refractivity contribution in [3.63, 3.8) is 0 Å². The molecule has 154 valence electrons. The fourth-order valence-corrected chi connectivity index (χ4v) is 5.79. The molecule has 2 aliphatic rings. The number of rotatable bonds is 4. The molecule has 2 aromatic carbocycles. The van der Waals surface area contributed by atoms with Crippen LogP contribution in [0.1, 0.15) is 28.3 Å². The number of halogens is 2. The third-order valence-corrected chi connectivity index (χ3v) is 7.35. The van der Waals surface area contributed by atoms with Crippen molar-refractivity contribution in [1.29, 1.82) is 0 Å². The highest BCUT2D eigenvalue weighted by atomic mass is 79.9. The zero-order chi connectivity index (χ0) is 20.8. The van der Waals surface area contributed by atoms with Crippen LogP contribution in [0.3, 0.4) is 0 Å². The summed E-state index contributed by atoms with van der Waals surface area (Å²) in [5.74, 6) is -0.947. The number of carbonyl (C=O) groups is 1. The molecule has 1 N–H and O–H groups in total. The lowest BCUT2D eigenvalue weighted by Gasteiger charge is -2.29. The summed E-state index contributed by atoms with van der Waals surface area (Å²) in [7, 11) is -2.91.